The third kappa shape index (κ3) is 4.73. The molecule has 0 amide bonds. The molecule has 26 heavy (non-hydrogen) atoms. The highest BCUT2D eigenvalue weighted by atomic mass is 16.5. The van der Waals surface area contributed by atoms with Crippen molar-refractivity contribution in [1.82, 2.24) is 4.98 Å². The number of anilines is 2. The number of ether oxygens (including phenoxy) is 1. The lowest BCUT2D eigenvalue weighted by atomic mass is 10.0. The first kappa shape index (κ1) is 18.2. The molecule has 0 aliphatic carbocycles. The third-order valence-electron chi connectivity index (χ3n) is 4.42. The van der Waals surface area contributed by atoms with E-state index in [1.807, 2.05) is 30.5 Å². The Balaban J connectivity index is 1.68. The van der Waals surface area contributed by atoms with Crippen LogP contribution in [0, 0.1) is 0 Å². The average Bonchev–Trinajstić information content (AvgIpc) is 2.67. The second-order valence-electron chi connectivity index (χ2n) is 6.69. The van der Waals surface area contributed by atoms with Crippen LogP contribution in [0.15, 0.2) is 47.6 Å². The summed E-state index contributed by atoms with van der Waals surface area (Å²) >= 11 is 0. The molecule has 0 saturated carbocycles. The molecule has 2 heterocycles. The summed E-state index contributed by atoms with van der Waals surface area (Å²) in [5.74, 6) is 1.85. The number of rotatable bonds is 5. The van der Waals surface area contributed by atoms with E-state index >= 15 is 0 Å². The molecular formula is C20H27N5O. The number of hydrogen-bond donors (Lipinski definition) is 2. The lowest BCUT2D eigenvalue weighted by Crippen LogP contribution is -2.37. The Bertz CT molecular complexity index is 753. The van der Waals surface area contributed by atoms with E-state index in [9.17, 15) is 0 Å². The quantitative estimate of drug-likeness (QED) is 0.638. The highest BCUT2D eigenvalue weighted by molar-refractivity contribution is 5.92. The molecule has 1 aliphatic rings. The van der Waals surface area contributed by atoms with Crippen molar-refractivity contribution < 1.29 is 4.74 Å². The van der Waals surface area contributed by atoms with E-state index < -0.39 is 0 Å². The normalized spacial score (nSPS) is 15.3. The Morgan fingerprint density at radius 2 is 2.08 bits per heavy atom. The van der Waals surface area contributed by atoms with Gasteiger partial charge in [-0.3, -0.25) is 0 Å². The van der Waals surface area contributed by atoms with Crippen LogP contribution in [-0.4, -0.2) is 37.2 Å². The monoisotopic (exact) mass is 353 g/mol. The molecule has 3 N–H and O–H groups in total. The van der Waals surface area contributed by atoms with Gasteiger partial charge in [-0.05, 0) is 29.7 Å². The average molecular weight is 353 g/mol. The van der Waals surface area contributed by atoms with Gasteiger partial charge in [0.1, 0.15) is 5.82 Å². The van der Waals surface area contributed by atoms with Gasteiger partial charge in [-0.15, -0.1) is 0 Å². The fourth-order valence-electron chi connectivity index (χ4n) is 2.95. The van der Waals surface area contributed by atoms with Crippen molar-refractivity contribution in [2.45, 2.75) is 26.3 Å². The maximum absolute atomic E-state index is 6.09. The minimum atomic E-state index is 0.405. The molecule has 2 aromatic rings. The molecule has 1 aromatic heterocycles. The van der Waals surface area contributed by atoms with Gasteiger partial charge in [0.05, 0.1) is 19.8 Å². The number of pyridine rings is 1. The first-order valence-corrected chi connectivity index (χ1v) is 9.07. The zero-order chi connectivity index (χ0) is 18.4. The van der Waals surface area contributed by atoms with Crippen molar-refractivity contribution in [2.24, 2.45) is 10.7 Å². The van der Waals surface area contributed by atoms with E-state index in [2.05, 4.69) is 46.2 Å². The Kier molecular flexibility index (Phi) is 6.07. The number of aliphatic imine (C=N–C) groups is 1. The summed E-state index contributed by atoms with van der Waals surface area (Å²) in [6.07, 6.45) is 1.82. The molecular weight excluding hydrogens is 326 g/mol. The van der Waals surface area contributed by atoms with Gasteiger partial charge in [0.2, 0.25) is 0 Å². The third-order valence-corrected chi connectivity index (χ3v) is 4.42. The molecule has 0 atom stereocenters. The topological polar surface area (TPSA) is 75.8 Å². The van der Waals surface area contributed by atoms with Gasteiger partial charge in [0.25, 0.3) is 0 Å². The van der Waals surface area contributed by atoms with Crippen LogP contribution in [0.1, 0.15) is 30.9 Å². The maximum Gasteiger partial charge on any atom is 0.193 e. The lowest BCUT2D eigenvalue weighted by Gasteiger charge is -2.29. The minimum Gasteiger partial charge on any atom is -0.378 e. The number of guanidine groups is 1. The van der Waals surface area contributed by atoms with Crippen LogP contribution in [0.3, 0.4) is 0 Å². The second-order valence-corrected chi connectivity index (χ2v) is 6.69. The molecule has 1 saturated heterocycles. The van der Waals surface area contributed by atoms with E-state index in [4.69, 9.17) is 10.5 Å². The van der Waals surface area contributed by atoms with Crippen molar-refractivity contribution >= 4 is 17.5 Å². The predicted octanol–water partition coefficient (Wildman–Crippen LogP) is 2.97. The molecule has 138 valence electrons. The Morgan fingerprint density at radius 1 is 1.27 bits per heavy atom. The molecule has 6 nitrogen and oxygen atoms in total. The Hall–Kier alpha value is -2.60. The van der Waals surface area contributed by atoms with Crippen molar-refractivity contribution in [3.05, 3.63) is 53.7 Å². The number of nitrogens with zero attached hydrogens (tertiary/aromatic N) is 3. The van der Waals surface area contributed by atoms with Gasteiger partial charge in [0, 0.05) is 30.5 Å². The summed E-state index contributed by atoms with van der Waals surface area (Å²) in [5.41, 5.74) is 9.38. The summed E-state index contributed by atoms with van der Waals surface area (Å²) in [6.45, 7) is 8.00. The summed E-state index contributed by atoms with van der Waals surface area (Å²) in [4.78, 5) is 11.3. The van der Waals surface area contributed by atoms with E-state index in [1.54, 1.807) is 0 Å². The van der Waals surface area contributed by atoms with Gasteiger partial charge < -0.3 is 20.7 Å². The highest BCUT2D eigenvalue weighted by Crippen LogP contribution is 2.20. The van der Waals surface area contributed by atoms with Gasteiger partial charge in [0.15, 0.2) is 5.96 Å². The fourth-order valence-corrected chi connectivity index (χ4v) is 2.95. The van der Waals surface area contributed by atoms with E-state index in [-0.39, 0.29) is 0 Å². The largest absolute Gasteiger partial charge is 0.378 e. The Morgan fingerprint density at radius 3 is 2.85 bits per heavy atom. The minimum absolute atomic E-state index is 0.405. The highest BCUT2D eigenvalue weighted by Gasteiger charge is 2.15. The molecule has 0 unspecified atom stereocenters. The molecule has 3 rings (SSSR count). The number of benzene rings is 1. The molecule has 1 aliphatic heterocycles. The van der Waals surface area contributed by atoms with Crippen LogP contribution >= 0.6 is 0 Å². The number of nitrogens with two attached hydrogens (primary N) is 1. The number of hydrogen-bond acceptors (Lipinski definition) is 4. The van der Waals surface area contributed by atoms with Gasteiger partial charge in [-0.2, -0.15) is 0 Å². The summed E-state index contributed by atoms with van der Waals surface area (Å²) < 4.78 is 5.43. The van der Waals surface area contributed by atoms with Gasteiger partial charge in [-0.25, -0.2) is 9.98 Å². The zero-order valence-electron chi connectivity index (χ0n) is 15.5. The van der Waals surface area contributed by atoms with Crippen molar-refractivity contribution in [3.63, 3.8) is 0 Å². The summed E-state index contributed by atoms with van der Waals surface area (Å²) in [7, 11) is 0. The Labute approximate surface area is 155 Å². The first-order chi connectivity index (χ1) is 12.6. The zero-order valence-corrected chi connectivity index (χ0v) is 15.5. The van der Waals surface area contributed by atoms with Crippen LogP contribution in [-0.2, 0) is 11.3 Å². The van der Waals surface area contributed by atoms with Crippen LogP contribution in [0.25, 0.3) is 0 Å². The van der Waals surface area contributed by atoms with Crippen LogP contribution in [0.5, 0.6) is 0 Å². The smallest absolute Gasteiger partial charge is 0.193 e. The fraction of sp³-hybridized carbons (Fsp3) is 0.400. The number of aromatic nitrogens is 1. The molecule has 0 bridgehead atoms. The number of morpholine rings is 1. The SMILES string of the molecule is CC(C)c1cccc(NC(N)=NCc2cccnc2N2CCOCC2)c1. The maximum atomic E-state index is 6.09. The van der Waals surface area contributed by atoms with Crippen LogP contribution in [0.2, 0.25) is 0 Å². The van der Waals surface area contributed by atoms with Gasteiger partial charge >= 0.3 is 0 Å². The van der Waals surface area contributed by atoms with Crippen molar-refractivity contribution in [1.29, 1.82) is 0 Å². The van der Waals surface area contributed by atoms with E-state index in [1.165, 1.54) is 5.56 Å². The lowest BCUT2D eigenvalue weighted by molar-refractivity contribution is 0.122. The van der Waals surface area contributed by atoms with Gasteiger partial charge in [-0.1, -0.05) is 32.0 Å². The van der Waals surface area contributed by atoms with E-state index in [0.717, 1.165) is 43.4 Å². The molecule has 0 spiro atoms. The summed E-state index contributed by atoms with van der Waals surface area (Å²) in [6, 6.07) is 12.2. The summed E-state index contributed by atoms with van der Waals surface area (Å²) in [5, 5.41) is 3.18. The molecule has 6 heteroatoms. The number of nitrogens with one attached hydrogen (secondary N) is 1. The molecule has 1 aromatic carbocycles. The standard InChI is InChI=1S/C20H27N5O/c1-15(2)16-5-3-7-18(13-16)24-20(21)23-14-17-6-4-8-22-19(17)25-9-11-26-12-10-25/h3-8,13,15H,9-12,14H2,1-2H3,(H3,21,23,24). The van der Waals surface area contributed by atoms with Crippen molar-refractivity contribution in [2.75, 3.05) is 36.5 Å². The van der Waals surface area contributed by atoms with Crippen molar-refractivity contribution in [3.8, 4) is 0 Å². The second kappa shape index (κ2) is 8.67. The predicted molar refractivity (Wildman–Crippen MR) is 107 cm³/mol. The first-order valence-electron chi connectivity index (χ1n) is 9.07. The van der Waals surface area contributed by atoms with Crippen LogP contribution < -0.4 is 16.0 Å². The molecule has 1 fully saturated rings. The van der Waals surface area contributed by atoms with Crippen LogP contribution in [0.4, 0.5) is 11.5 Å². The molecule has 0 radical (unpaired) electrons. The van der Waals surface area contributed by atoms with E-state index in [0.29, 0.717) is 18.4 Å².